The molecular formula is C26H21N3O4. The van der Waals surface area contributed by atoms with Crippen LogP contribution in [0.3, 0.4) is 0 Å². The number of ketones is 1. The Kier molecular flexibility index (Phi) is 5.22. The molecule has 0 radical (unpaired) electrons. The Bertz CT molecular complexity index is 1360. The van der Waals surface area contributed by atoms with E-state index in [-0.39, 0.29) is 18.0 Å². The number of carbonyl (C=O) groups excluding carboxylic acids is 1. The van der Waals surface area contributed by atoms with Gasteiger partial charge < -0.3 is 9.84 Å². The van der Waals surface area contributed by atoms with Crippen LogP contribution < -0.4 is 4.74 Å². The first-order valence-corrected chi connectivity index (χ1v) is 10.6. The molecule has 7 heteroatoms. The molecule has 0 atom stereocenters. The summed E-state index contributed by atoms with van der Waals surface area (Å²) < 4.78 is 6.17. The number of Topliss-reactive ketones (excluding diaryl/α,β-unsaturated/α-hetero) is 1. The zero-order valence-electron chi connectivity index (χ0n) is 18.0. The number of benzene rings is 3. The normalized spacial score (nSPS) is 12.6. The molecule has 0 unspecified atom stereocenters. The van der Waals surface area contributed by atoms with Gasteiger partial charge in [0.1, 0.15) is 18.1 Å². The Balaban J connectivity index is 1.48. The van der Waals surface area contributed by atoms with Gasteiger partial charge in [-0.2, -0.15) is 9.90 Å². The molecule has 33 heavy (non-hydrogen) atoms. The second kappa shape index (κ2) is 8.35. The lowest BCUT2D eigenvalue weighted by Crippen LogP contribution is -2.03. The molecule has 1 aliphatic carbocycles. The molecule has 0 bridgehead atoms. The molecule has 0 saturated carbocycles. The third-order valence-electron chi connectivity index (χ3n) is 5.80. The standard InChI is InChI=1S/C26H21N3O4/c1-16-23(28-29(27-16)20-5-3-2-4-6-20)15-33-25-14-21-19(11-12-24(21)30)13-22(25)17-7-9-18(10-8-17)26(31)32/h2-10,13-14H,11-12,15H2,1H3,(H,31,32). The number of para-hydroxylation sites is 1. The number of rotatable bonds is 6. The number of fused-ring (bicyclic) bond motifs is 1. The third-order valence-corrected chi connectivity index (χ3v) is 5.80. The summed E-state index contributed by atoms with van der Waals surface area (Å²) in [6.45, 7) is 2.06. The average Bonchev–Trinajstić information content (AvgIpc) is 3.39. The molecule has 0 amide bonds. The van der Waals surface area contributed by atoms with Crippen molar-refractivity contribution in [2.75, 3.05) is 0 Å². The summed E-state index contributed by atoms with van der Waals surface area (Å²) in [6.07, 6.45) is 1.18. The SMILES string of the molecule is Cc1nn(-c2ccccc2)nc1COc1cc2c(cc1-c1ccc(C(=O)O)cc1)CCC2=O. The Labute approximate surface area is 190 Å². The van der Waals surface area contributed by atoms with Crippen molar-refractivity contribution in [3.8, 4) is 22.6 Å². The van der Waals surface area contributed by atoms with Gasteiger partial charge >= 0.3 is 5.97 Å². The third kappa shape index (κ3) is 4.01. The van der Waals surface area contributed by atoms with Gasteiger partial charge in [-0.15, -0.1) is 5.10 Å². The molecule has 0 spiro atoms. The van der Waals surface area contributed by atoms with Gasteiger partial charge in [-0.25, -0.2) is 4.79 Å². The number of aromatic carboxylic acids is 1. The van der Waals surface area contributed by atoms with Gasteiger partial charge in [-0.1, -0.05) is 30.3 Å². The molecule has 3 aromatic carbocycles. The van der Waals surface area contributed by atoms with Crippen LogP contribution in [-0.2, 0) is 13.0 Å². The summed E-state index contributed by atoms with van der Waals surface area (Å²) in [5, 5.41) is 18.3. The quantitative estimate of drug-likeness (QED) is 0.470. The van der Waals surface area contributed by atoms with E-state index in [1.807, 2.05) is 43.3 Å². The Morgan fingerprint density at radius 1 is 1.00 bits per heavy atom. The van der Waals surface area contributed by atoms with Gasteiger partial charge in [0.25, 0.3) is 0 Å². The minimum absolute atomic E-state index is 0.105. The van der Waals surface area contributed by atoms with Crippen LogP contribution in [0.25, 0.3) is 16.8 Å². The van der Waals surface area contributed by atoms with Crippen molar-refractivity contribution < 1.29 is 19.4 Å². The van der Waals surface area contributed by atoms with Gasteiger partial charge in [0.05, 0.1) is 16.9 Å². The summed E-state index contributed by atoms with van der Waals surface area (Å²) in [7, 11) is 0. The second-order valence-electron chi connectivity index (χ2n) is 7.96. The number of carbonyl (C=O) groups is 2. The highest BCUT2D eigenvalue weighted by Gasteiger charge is 2.23. The first-order valence-electron chi connectivity index (χ1n) is 10.6. The van der Waals surface area contributed by atoms with E-state index in [0.717, 1.165) is 28.1 Å². The number of aryl methyl sites for hydroxylation is 2. The van der Waals surface area contributed by atoms with Crippen molar-refractivity contribution in [3.63, 3.8) is 0 Å². The lowest BCUT2D eigenvalue weighted by molar-refractivity contribution is 0.0696. The summed E-state index contributed by atoms with van der Waals surface area (Å²) in [6, 6.07) is 20.0. The molecule has 164 valence electrons. The van der Waals surface area contributed by atoms with E-state index < -0.39 is 5.97 Å². The number of aromatic nitrogens is 3. The Hall–Kier alpha value is -4.26. The van der Waals surface area contributed by atoms with Crippen molar-refractivity contribution in [1.82, 2.24) is 15.0 Å². The monoisotopic (exact) mass is 439 g/mol. The minimum atomic E-state index is -0.977. The zero-order valence-corrected chi connectivity index (χ0v) is 18.0. The largest absolute Gasteiger partial charge is 0.486 e. The fraction of sp³-hybridized carbons (Fsp3) is 0.154. The number of carboxylic acid groups (broad SMARTS) is 1. The minimum Gasteiger partial charge on any atom is -0.486 e. The van der Waals surface area contributed by atoms with Gasteiger partial charge in [0.2, 0.25) is 0 Å². The van der Waals surface area contributed by atoms with Gasteiger partial charge in [-0.05, 0) is 60.9 Å². The molecule has 7 nitrogen and oxygen atoms in total. The lowest BCUT2D eigenvalue weighted by atomic mass is 9.98. The van der Waals surface area contributed by atoms with Crippen LogP contribution in [0.1, 0.15) is 44.1 Å². The summed E-state index contributed by atoms with van der Waals surface area (Å²) in [4.78, 5) is 25.1. The van der Waals surface area contributed by atoms with E-state index in [1.165, 1.54) is 0 Å². The number of hydrogen-bond donors (Lipinski definition) is 1. The number of ether oxygens (including phenoxy) is 1. The van der Waals surface area contributed by atoms with Gasteiger partial charge in [-0.3, -0.25) is 4.79 Å². The summed E-state index contributed by atoms with van der Waals surface area (Å²) >= 11 is 0. The van der Waals surface area contributed by atoms with E-state index in [9.17, 15) is 14.7 Å². The highest BCUT2D eigenvalue weighted by atomic mass is 16.5. The van der Waals surface area contributed by atoms with Crippen molar-refractivity contribution in [1.29, 1.82) is 0 Å². The first kappa shape index (κ1) is 20.6. The van der Waals surface area contributed by atoms with E-state index in [0.29, 0.717) is 29.8 Å². The summed E-state index contributed by atoms with van der Waals surface area (Å²) in [5.41, 5.74) is 5.81. The molecule has 1 heterocycles. The smallest absolute Gasteiger partial charge is 0.335 e. The first-order chi connectivity index (χ1) is 16.0. The Morgan fingerprint density at radius 2 is 1.76 bits per heavy atom. The van der Waals surface area contributed by atoms with Crippen LogP contribution in [0.15, 0.2) is 66.7 Å². The maximum Gasteiger partial charge on any atom is 0.335 e. The van der Waals surface area contributed by atoms with Crippen LogP contribution in [0.4, 0.5) is 0 Å². The molecule has 0 saturated heterocycles. The highest BCUT2D eigenvalue weighted by Crippen LogP contribution is 2.37. The van der Waals surface area contributed by atoms with Crippen LogP contribution in [0.2, 0.25) is 0 Å². The molecular weight excluding hydrogens is 418 g/mol. The van der Waals surface area contributed by atoms with E-state index in [4.69, 9.17) is 4.74 Å². The van der Waals surface area contributed by atoms with E-state index in [2.05, 4.69) is 10.2 Å². The lowest BCUT2D eigenvalue weighted by Gasteiger charge is -2.14. The maximum absolute atomic E-state index is 12.3. The van der Waals surface area contributed by atoms with E-state index >= 15 is 0 Å². The zero-order chi connectivity index (χ0) is 22.9. The fourth-order valence-corrected chi connectivity index (χ4v) is 3.98. The fourth-order valence-electron chi connectivity index (χ4n) is 3.98. The maximum atomic E-state index is 12.3. The van der Waals surface area contributed by atoms with Crippen LogP contribution in [0, 0.1) is 6.92 Å². The molecule has 1 aromatic heterocycles. The van der Waals surface area contributed by atoms with Crippen LogP contribution >= 0.6 is 0 Å². The van der Waals surface area contributed by atoms with Crippen molar-refractivity contribution in [2.45, 2.75) is 26.4 Å². The van der Waals surface area contributed by atoms with Crippen LogP contribution in [-0.4, -0.2) is 31.9 Å². The molecule has 1 N–H and O–H groups in total. The second-order valence-corrected chi connectivity index (χ2v) is 7.96. The predicted octanol–water partition coefficient (Wildman–Crippen LogP) is 4.65. The van der Waals surface area contributed by atoms with Gasteiger partial charge in [0.15, 0.2) is 5.78 Å². The molecule has 0 fully saturated rings. The van der Waals surface area contributed by atoms with Crippen molar-refractivity contribution in [3.05, 3.63) is 94.8 Å². The number of nitrogens with zero attached hydrogens (tertiary/aromatic N) is 3. The van der Waals surface area contributed by atoms with Crippen LogP contribution in [0.5, 0.6) is 5.75 Å². The molecule has 5 rings (SSSR count). The van der Waals surface area contributed by atoms with Crippen molar-refractivity contribution >= 4 is 11.8 Å². The molecule has 4 aromatic rings. The van der Waals surface area contributed by atoms with Gasteiger partial charge in [0, 0.05) is 17.5 Å². The highest BCUT2D eigenvalue weighted by molar-refractivity contribution is 6.01. The van der Waals surface area contributed by atoms with E-state index in [1.54, 1.807) is 35.1 Å². The number of carboxylic acids is 1. The Morgan fingerprint density at radius 3 is 2.48 bits per heavy atom. The number of hydrogen-bond acceptors (Lipinski definition) is 5. The molecule has 1 aliphatic rings. The molecule has 0 aliphatic heterocycles. The average molecular weight is 439 g/mol. The topological polar surface area (TPSA) is 94.3 Å². The predicted molar refractivity (Wildman–Crippen MR) is 122 cm³/mol. The summed E-state index contributed by atoms with van der Waals surface area (Å²) in [5.74, 6) is -0.316. The van der Waals surface area contributed by atoms with Crippen molar-refractivity contribution in [2.24, 2.45) is 0 Å².